The molecule has 5 heteroatoms. The average molecular weight is 268 g/mol. The van der Waals surface area contributed by atoms with Crippen LogP contribution in [0.2, 0.25) is 0 Å². The van der Waals surface area contributed by atoms with E-state index >= 15 is 0 Å². The van der Waals surface area contributed by atoms with Gasteiger partial charge in [0.25, 0.3) is 0 Å². The number of thiophene rings is 1. The molecule has 0 atom stereocenters. The van der Waals surface area contributed by atoms with Crippen LogP contribution in [0.25, 0.3) is 0 Å². The maximum atomic E-state index is 11.6. The van der Waals surface area contributed by atoms with Crippen LogP contribution in [0, 0.1) is 0 Å². The van der Waals surface area contributed by atoms with Crippen molar-refractivity contribution in [2.24, 2.45) is 0 Å². The topological polar surface area (TPSA) is 41.6 Å². The Labute approximate surface area is 112 Å². The van der Waals surface area contributed by atoms with Crippen LogP contribution in [0.3, 0.4) is 0 Å². The Bertz CT molecular complexity index is 348. The normalized spacial score (nSPS) is 16.7. The summed E-state index contributed by atoms with van der Waals surface area (Å²) in [5.74, 6) is 0.151. The molecule has 0 unspecified atom stereocenters. The number of rotatable bonds is 6. The number of morpholine rings is 1. The first kappa shape index (κ1) is 13.5. The molecule has 0 aromatic carbocycles. The molecule has 18 heavy (non-hydrogen) atoms. The van der Waals surface area contributed by atoms with Crippen LogP contribution in [0.1, 0.15) is 11.3 Å². The third-order valence-corrected chi connectivity index (χ3v) is 3.97. The molecule has 0 radical (unpaired) electrons. The summed E-state index contributed by atoms with van der Waals surface area (Å²) in [5.41, 5.74) is 0. The highest BCUT2D eigenvalue weighted by Crippen LogP contribution is 2.08. The maximum Gasteiger partial charge on any atom is 0.221 e. The predicted octanol–water partition coefficient (Wildman–Crippen LogP) is 1.13. The molecule has 0 bridgehead atoms. The number of ether oxygens (including phenoxy) is 1. The molecule has 0 aliphatic carbocycles. The second-order valence-corrected chi connectivity index (χ2v) is 5.42. The summed E-state index contributed by atoms with van der Waals surface area (Å²) in [6, 6.07) is 4.14. The lowest BCUT2D eigenvalue weighted by Gasteiger charge is -2.26. The molecule has 1 aromatic heterocycles. The molecule has 0 saturated carbocycles. The van der Waals surface area contributed by atoms with Crippen molar-refractivity contribution < 1.29 is 9.53 Å². The Morgan fingerprint density at radius 3 is 3.00 bits per heavy atom. The van der Waals surface area contributed by atoms with Crippen LogP contribution in [-0.2, 0) is 16.0 Å². The van der Waals surface area contributed by atoms with Gasteiger partial charge in [0.2, 0.25) is 5.91 Å². The largest absolute Gasteiger partial charge is 0.379 e. The first-order valence-corrected chi connectivity index (χ1v) is 7.32. The Kier molecular flexibility index (Phi) is 5.64. The van der Waals surface area contributed by atoms with Crippen molar-refractivity contribution in [2.75, 3.05) is 39.4 Å². The number of hydrogen-bond acceptors (Lipinski definition) is 4. The van der Waals surface area contributed by atoms with Gasteiger partial charge in [-0.2, -0.15) is 0 Å². The molecule has 100 valence electrons. The van der Waals surface area contributed by atoms with E-state index in [9.17, 15) is 4.79 Å². The van der Waals surface area contributed by atoms with Gasteiger partial charge >= 0.3 is 0 Å². The lowest BCUT2D eigenvalue weighted by Crippen LogP contribution is -2.39. The zero-order chi connectivity index (χ0) is 12.6. The van der Waals surface area contributed by atoms with Crippen LogP contribution in [0.4, 0.5) is 0 Å². The summed E-state index contributed by atoms with van der Waals surface area (Å²) >= 11 is 1.74. The Balaban J connectivity index is 1.54. The van der Waals surface area contributed by atoms with Gasteiger partial charge in [-0.15, -0.1) is 11.3 Å². The lowest BCUT2D eigenvalue weighted by molar-refractivity contribution is -0.121. The number of carbonyl (C=O) groups is 1. The van der Waals surface area contributed by atoms with Crippen molar-refractivity contribution in [3.8, 4) is 0 Å². The van der Waals surface area contributed by atoms with Gasteiger partial charge < -0.3 is 10.1 Å². The van der Waals surface area contributed by atoms with Crippen LogP contribution in [0.5, 0.6) is 0 Å². The molecule has 2 heterocycles. The molecule has 4 nitrogen and oxygen atoms in total. The van der Waals surface area contributed by atoms with E-state index in [0.717, 1.165) is 45.8 Å². The minimum absolute atomic E-state index is 0.151. The summed E-state index contributed by atoms with van der Waals surface area (Å²) in [7, 11) is 0. The fourth-order valence-electron chi connectivity index (χ4n) is 1.95. The Hall–Kier alpha value is -0.910. The van der Waals surface area contributed by atoms with Gasteiger partial charge in [0.15, 0.2) is 0 Å². The third kappa shape index (κ3) is 4.76. The summed E-state index contributed by atoms with van der Waals surface area (Å²) in [4.78, 5) is 15.3. The summed E-state index contributed by atoms with van der Waals surface area (Å²) in [6.45, 7) is 5.06. The van der Waals surface area contributed by atoms with Crippen molar-refractivity contribution in [3.05, 3.63) is 22.4 Å². The van der Waals surface area contributed by atoms with E-state index in [1.54, 1.807) is 11.3 Å². The van der Waals surface area contributed by atoms with Crippen LogP contribution in [-0.4, -0.2) is 50.2 Å². The van der Waals surface area contributed by atoms with E-state index in [1.807, 2.05) is 6.07 Å². The zero-order valence-electron chi connectivity index (χ0n) is 10.6. The van der Waals surface area contributed by atoms with E-state index < -0.39 is 0 Å². The molecule has 0 spiro atoms. The van der Waals surface area contributed by atoms with Gasteiger partial charge in [-0.3, -0.25) is 9.69 Å². The summed E-state index contributed by atoms with van der Waals surface area (Å²) in [6.07, 6.45) is 1.52. The standard InChI is InChI=1S/C13H20N2O2S/c16-13(4-6-15-7-9-17-10-8-15)14-5-3-12-2-1-11-18-12/h1-2,11H,3-10H2,(H,14,16). The monoisotopic (exact) mass is 268 g/mol. The molecular formula is C13H20N2O2S. The SMILES string of the molecule is O=C(CCN1CCOCC1)NCCc1cccs1. The smallest absolute Gasteiger partial charge is 0.221 e. The molecule has 1 amide bonds. The van der Waals surface area contributed by atoms with Gasteiger partial charge in [0.1, 0.15) is 0 Å². The van der Waals surface area contributed by atoms with Crippen molar-refractivity contribution in [1.29, 1.82) is 0 Å². The first-order valence-electron chi connectivity index (χ1n) is 6.44. The predicted molar refractivity (Wildman–Crippen MR) is 72.9 cm³/mol. The molecule has 1 aliphatic heterocycles. The van der Waals surface area contributed by atoms with Gasteiger partial charge in [-0.05, 0) is 17.9 Å². The van der Waals surface area contributed by atoms with Crippen molar-refractivity contribution in [1.82, 2.24) is 10.2 Å². The number of nitrogens with zero attached hydrogens (tertiary/aromatic N) is 1. The maximum absolute atomic E-state index is 11.6. The molecule has 1 N–H and O–H groups in total. The molecule has 1 saturated heterocycles. The zero-order valence-corrected chi connectivity index (χ0v) is 11.4. The highest BCUT2D eigenvalue weighted by atomic mass is 32.1. The number of amides is 1. The van der Waals surface area contributed by atoms with Crippen LogP contribution >= 0.6 is 11.3 Å². The number of hydrogen-bond donors (Lipinski definition) is 1. The molecule has 1 aliphatic rings. The quantitative estimate of drug-likeness (QED) is 0.841. The van der Waals surface area contributed by atoms with E-state index in [2.05, 4.69) is 21.7 Å². The fraction of sp³-hybridized carbons (Fsp3) is 0.615. The lowest BCUT2D eigenvalue weighted by atomic mass is 10.3. The third-order valence-electron chi connectivity index (χ3n) is 3.03. The van der Waals surface area contributed by atoms with Crippen LogP contribution in [0.15, 0.2) is 17.5 Å². The number of nitrogens with one attached hydrogen (secondary N) is 1. The number of carbonyl (C=O) groups excluding carboxylic acids is 1. The highest BCUT2D eigenvalue weighted by Gasteiger charge is 2.11. The summed E-state index contributed by atoms with van der Waals surface area (Å²) in [5, 5.41) is 5.04. The fourth-order valence-corrected chi connectivity index (χ4v) is 2.66. The molecule has 2 rings (SSSR count). The van der Waals surface area contributed by atoms with E-state index in [0.29, 0.717) is 6.42 Å². The van der Waals surface area contributed by atoms with Gasteiger partial charge in [0, 0.05) is 37.5 Å². The molecule has 1 aromatic rings. The first-order chi connectivity index (χ1) is 8.84. The minimum atomic E-state index is 0.151. The van der Waals surface area contributed by atoms with Crippen molar-refractivity contribution in [2.45, 2.75) is 12.8 Å². The van der Waals surface area contributed by atoms with Crippen molar-refractivity contribution >= 4 is 17.2 Å². The highest BCUT2D eigenvalue weighted by molar-refractivity contribution is 7.09. The van der Waals surface area contributed by atoms with E-state index in [4.69, 9.17) is 4.74 Å². The van der Waals surface area contributed by atoms with E-state index in [-0.39, 0.29) is 5.91 Å². The minimum Gasteiger partial charge on any atom is -0.379 e. The Morgan fingerprint density at radius 2 is 2.28 bits per heavy atom. The van der Waals surface area contributed by atoms with E-state index in [1.165, 1.54) is 4.88 Å². The average Bonchev–Trinajstić information content (AvgIpc) is 2.91. The second kappa shape index (κ2) is 7.51. The van der Waals surface area contributed by atoms with Gasteiger partial charge in [0.05, 0.1) is 13.2 Å². The van der Waals surface area contributed by atoms with Crippen molar-refractivity contribution in [3.63, 3.8) is 0 Å². The summed E-state index contributed by atoms with van der Waals surface area (Å²) < 4.78 is 5.27. The molecular weight excluding hydrogens is 248 g/mol. The van der Waals surface area contributed by atoms with Crippen LogP contribution < -0.4 is 5.32 Å². The molecule has 1 fully saturated rings. The van der Waals surface area contributed by atoms with Gasteiger partial charge in [-0.25, -0.2) is 0 Å². The van der Waals surface area contributed by atoms with Gasteiger partial charge in [-0.1, -0.05) is 6.07 Å². The second-order valence-electron chi connectivity index (χ2n) is 4.38. The Morgan fingerprint density at radius 1 is 1.44 bits per heavy atom.